The van der Waals surface area contributed by atoms with Crippen LogP contribution in [0.15, 0.2) is 35.1 Å². The van der Waals surface area contributed by atoms with Crippen LogP contribution < -0.4 is 10.9 Å². The van der Waals surface area contributed by atoms with Crippen LogP contribution in [-0.2, 0) is 19.3 Å². The van der Waals surface area contributed by atoms with Crippen LogP contribution in [-0.4, -0.2) is 21.1 Å². The first-order chi connectivity index (χ1) is 11.7. The molecule has 3 aromatic rings. The van der Waals surface area contributed by atoms with Gasteiger partial charge in [0, 0.05) is 18.3 Å². The van der Waals surface area contributed by atoms with Crippen LogP contribution >= 0.6 is 11.3 Å². The second-order valence-corrected chi connectivity index (χ2v) is 6.74. The van der Waals surface area contributed by atoms with E-state index in [-0.39, 0.29) is 5.56 Å². The van der Waals surface area contributed by atoms with Crippen LogP contribution in [0.5, 0.6) is 0 Å². The summed E-state index contributed by atoms with van der Waals surface area (Å²) < 4.78 is 1.38. The fourth-order valence-corrected chi connectivity index (χ4v) is 3.42. The maximum absolute atomic E-state index is 12.1. The molecule has 2 aromatic heterocycles. The number of hydrogen-bond acceptors (Lipinski definition) is 5. The van der Waals surface area contributed by atoms with E-state index in [0.717, 1.165) is 43.1 Å². The predicted octanol–water partition coefficient (Wildman–Crippen LogP) is 3.32. The Bertz CT molecular complexity index is 867. The second kappa shape index (κ2) is 7.57. The molecule has 1 N–H and O–H groups in total. The Labute approximate surface area is 145 Å². The third-order valence-corrected chi connectivity index (χ3v) is 4.79. The molecule has 0 saturated carbocycles. The van der Waals surface area contributed by atoms with Gasteiger partial charge in [-0.25, -0.2) is 4.98 Å². The van der Waals surface area contributed by atoms with Crippen molar-refractivity contribution in [3.05, 3.63) is 57.5 Å². The first-order valence-electron chi connectivity index (χ1n) is 8.41. The van der Waals surface area contributed by atoms with Crippen LogP contribution in [0.1, 0.15) is 37.1 Å². The van der Waals surface area contributed by atoms with Gasteiger partial charge in [-0.3, -0.25) is 4.79 Å². The van der Waals surface area contributed by atoms with Crippen molar-refractivity contribution in [3.63, 3.8) is 0 Å². The van der Waals surface area contributed by atoms with E-state index in [2.05, 4.69) is 53.5 Å². The van der Waals surface area contributed by atoms with Crippen LogP contribution in [0.25, 0.3) is 4.96 Å². The van der Waals surface area contributed by atoms with Crippen LogP contribution in [0, 0.1) is 0 Å². The summed E-state index contributed by atoms with van der Waals surface area (Å²) in [6.07, 6.45) is 3.78. The monoisotopic (exact) mass is 342 g/mol. The van der Waals surface area contributed by atoms with Crippen LogP contribution in [0.2, 0.25) is 0 Å². The normalized spacial score (nSPS) is 11.1. The molecule has 0 bridgehead atoms. The van der Waals surface area contributed by atoms with Crippen LogP contribution in [0.3, 0.4) is 0 Å². The summed E-state index contributed by atoms with van der Waals surface area (Å²) in [5.41, 5.74) is 3.38. The number of benzene rings is 1. The van der Waals surface area contributed by atoms with Crippen molar-refractivity contribution in [2.24, 2.45) is 0 Å². The van der Waals surface area contributed by atoms with E-state index in [1.54, 1.807) is 6.07 Å². The molecule has 0 amide bonds. The zero-order valence-corrected chi connectivity index (χ0v) is 14.9. The van der Waals surface area contributed by atoms with Gasteiger partial charge in [-0.1, -0.05) is 55.9 Å². The first kappa shape index (κ1) is 16.6. The van der Waals surface area contributed by atoms with Gasteiger partial charge in [-0.05, 0) is 30.4 Å². The molecule has 0 aliphatic carbocycles. The summed E-state index contributed by atoms with van der Waals surface area (Å²) in [5, 5.41) is 8.35. The van der Waals surface area contributed by atoms with Gasteiger partial charge < -0.3 is 5.32 Å². The Hall–Kier alpha value is -2.21. The number of hydrogen-bond donors (Lipinski definition) is 1. The number of anilines is 1. The standard InChI is InChI=1S/C18H22N4OS/c1-3-5-15-12-16(23)22-18(20-15)24-17(21-22)19-11-10-14-8-6-13(4-2)7-9-14/h6-9,12H,3-5,10-11H2,1-2H3,(H,19,21). The average Bonchev–Trinajstić information content (AvgIpc) is 2.99. The smallest absolute Gasteiger partial charge is 0.275 e. The van der Waals surface area contributed by atoms with Crippen molar-refractivity contribution in [2.45, 2.75) is 39.5 Å². The topological polar surface area (TPSA) is 59.3 Å². The first-order valence-corrected chi connectivity index (χ1v) is 9.22. The largest absolute Gasteiger partial charge is 0.360 e. The summed E-state index contributed by atoms with van der Waals surface area (Å²) in [6, 6.07) is 10.3. The second-order valence-electron chi connectivity index (χ2n) is 5.78. The lowest BCUT2D eigenvalue weighted by atomic mass is 10.1. The van der Waals surface area contributed by atoms with Gasteiger partial charge in [0.1, 0.15) is 0 Å². The summed E-state index contributed by atoms with van der Waals surface area (Å²) in [7, 11) is 0. The molecule has 0 atom stereocenters. The fourth-order valence-electron chi connectivity index (χ4n) is 2.57. The summed E-state index contributed by atoms with van der Waals surface area (Å²) in [4.78, 5) is 17.2. The van der Waals surface area contributed by atoms with Crippen molar-refractivity contribution in [2.75, 3.05) is 11.9 Å². The molecular weight excluding hydrogens is 320 g/mol. The minimum absolute atomic E-state index is 0.108. The van der Waals surface area contributed by atoms with Gasteiger partial charge in [0.05, 0.1) is 0 Å². The average molecular weight is 342 g/mol. The fraction of sp³-hybridized carbons (Fsp3) is 0.389. The quantitative estimate of drug-likeness (QED) is 0.715. The Morgan fingerprint density at radius 3 is 2.58 bits per heavy atom. The van der Waals surface area contributed by atoms with E-state index in [1.165, 1.54) is 27.0 Å². The highest BCUT2D eigenvalue weighted by Crippen LogP contribution is 2.17. The summed E-state index contributed by atoms with van der Waals surface area (Å²) in [5.74, 6) is 0. The molecular formula is C18H22N4OS. The molecule has 0 aliphatic rings. The molecule has 0 radical (unpaired) electrons. The Morgan fingerprint density at radius 1 is 1.12 bits per heavy atom. The Kier molecular flexibility index (Phi) is 5.25. The van der Waals surface area contributed by atoms with Crippen molar-refractivity contribution >= 4 is 21.4 Å². The maximum atomic E-state index is 12.1. The molecule has 0 aliphatic heterocycles. The highest BCUT2D eigenvalue weighted by Gasteiger charge is 2.08. The lowest BCUT2D eigenvalue weighted by Gasteiger charge is -2.03. The van der Waals surface area contributed by atoms with Crippen molar-refractivity contribution in [1.29, 1.82) is 0 Å². The molecule has 0 unspecified atom stereocenters. The van der Waals surface area contributed by atoms with E-state index in [9.17, 15) is 4.79 Å². The van der Waals surface area contributed by atoms with Gasteiger partial charge in [0.15, 0.2) is 0 Å². The van der Waals surface area contributed by atoms with Crippen molar-refractivity contribution < 1.29 is 0 Å². The maximum Gasteiger partial charge on any atom is 0.275 e. The van der Waals surface area contributed by atoms with E-state index < -0.39 is 0 Å². The van der Waals surface area contributed by atoms with Gasteiger partial charge in [0.25, 0.3) is 5.56 Å². The summed E-state index contributed by atoms with van der Waals surface area (Å²) >= 11 is 1.42. The zero-order chi connectivity index (χ0) is 16.9. The number of rotatable bonds is 7. The van der Waals surface area contributed by atoms with E-state index in [4.69, 9.17) is 0 Å². The molecule has 0 fully saturated rings. The minimum Gasteiger partial charge on any atom is -0.360 e. The van der Waals surface area contributed by atoms with Crippen molar-refractivity contribution in [1.82, 2.24) is 14.6 Å². The third kappa shape index (κ3) is 3.82. The number of fused-ring (bicyclic) bond motifs is 1. The number of nitrogens with one attached hydrogen (secondary N) is 1. The van der Waals surface area contributed by atoms with Gasteiger partial charge in [0.2, 0.25) is 10.1 Å². The van der Waals surface area contributed by atoms with E-state index in [1.807, 2.05) is 0 Å². The number of nitrogens with zero attached hydrogens (tertiary/aromatic N) is 3. The SMILES string of the molecule is CCCc1cc(=O)n2nc(NCCc3ccc(CC)cc3)sc2n1. The molecule has 2 heterocycles. The number of aromatic nitrogens is 3. The lowest BCUT2D eigenvalue weighted by molar-refractivity contribution is 0.839. The molecule has 5 nitrogen and oxygen atoms in total. The van der Waals surface area contributed by atoms with E-state index >= 15 is 0 Å². The molecule has 0 saturated heterocycles. The highest BCUT2D eigenvalue weighted by atomic mass is 32.1. The molecule has 1 aromatic carbocycles. The molecule has 3 rings (SSSR count). The molecule has 0 spiro atoms. The molecule has 6 heteroatoms. The third-order valence-electron chi connectivity index (χ3n) is 3.93. The Balaban J connectivity index is 1.66. The Morgan fingerprint density at radius 2 is 1.88 bits per heavy atom. The van der Waals surface area contributed by atoms with Gasteiger partial charge >= 0.3 is 0 Å². The van der Waals surface area contributed by atoms with E-state index in [0.29, 0.717) is 4.96 Å². The minimum atomic E-state index is -0.108. The highest BCUT2D eigenvalue weighted by molar-refractivity contribution is 7.20. The number of aryl methyl sites for hydroxylation is 2. The van der Waals surface area contributed by atoms with Gasteiger partial charge in [-0.15, -0.1) is 5.10 Å². The summed E-state index contributed by atoms with van der Waals surface area (Å²) in [6.45, 7) is 5.02. The van der Waals surface area contributed by atoms with Crippen LogP contribution in [0.4, 0.5) is 5.13 Å². The van der Waals surface area contributed by atoms with Gasteiger partial charge in [-0.2, -0.15) is 4.52 Å². The lowest BCUT2D eigenvalue weighted by Crippen LogP contribution is -2.15. The molecule has 24 heavy (non-hydrogen) atoms. The molecule has 126 valence electrons. The zero-order valence-electron chi connectivity index (χ0n) is 14.1. The van der Waals surface area contributed by atoms with Crippen molar-refractivity contribution in [3.8, 4) is 0 Å². The predicted molar refractivity (Wildman–Crippen MR) is 99.1 cm³/mol.